The van der Waals surface area contributed by atoms with Gasteiger partial charge in [-0.1, -0.05) is 20.3 Å². The van der Waals surface area contributed by atoms with Gasteiger partial charge in [-0.25, -0.2) is 4.98 Å². The first kappa shape index (κ1) is 13.9. The summed E-state index contributed by atoms with van der Waals surface area (Å²) in [7, 11) is 0. The molecule has 1 aliphatic carbocycles. The Balaban J connectivity index is 2.17. The van der Waals surface area contributed by atoms with Gasteiger partial charge in [0.05, 0.1) is 6.33 Å². The molecule has 0 spiro atoms. The molecule has 0 aromatic carbocycles. The highest BCUT2D eigenvalue weighted by molar-refractivity contribution is 8.00. The zero-order chi connectivity index (χ0) is 13.2. The molecular formula is C14H25N3S. The van der Waals surface area contributed by atoms with E-state index in [1.54, 1.807) is 0 Å². The van der Waals surface area contributed by atoms with Crippen LogP contribution in [0.2, 0.25) is 0 Å². The molecule has 0 amide bonds. The van der Waals surface area contributed by atoms with Crippen molar-refractivity contribution >= 4 is 11.8 Å². The number of hydrogen-bond donors (Lipinski definition) is 1. The largest absolute Gasteiger partial charge is 0.333 e. The standard InChI is InChI=1S/C14H25N3S/c1-11(2)12(7-15)13-8-16-10-17(13)9-14(18-3)5-4-6-14/h8,10-12H,4-7,9,15H2,1-3H3. The van der Waals surface area contributed by atoms with E-state index in [9.17, 15) is 0 Å². The highest BCUT2D eigenvalue weighted by atomic mass is 32.2. The predicted octanol–water partition coefficient (Wildman–Crippen LogP) is 2.87. The molecule has 18 heavy (non-hydrogen) atoms. The molecule has 1 fully saturated rings. The summed E-state index contributed by atoms with van der Waals surface area (Å²) in [6.45, 7) is 6.27. The van der Waals surface area contributed by atoms with Crippen LogP contribution in [-0.4, -0.2) is 27.1 Å². The molecule has 1 aromatic rings. The number of nitrogens with two attached hydrogens (primary N) is 1. The van der Waals surface area contributed by atoms with Gasteiger partial charge in [-0.3, -0.25) is 0 Å². The van der Waals surface area contributed by atoms with Gasteiger partial charge in [-0.2, -0.15) is 11.8 Å². The number of imidazole rings is 1. The molecule has 0 aliphatic heterocycles. The van der Waals surface area contributed by atoms with Gasteiger partial charge >= 0.3 is 0 Å². The van der Waals surface area contributed by atoms with Crippen molar-refractivity contribution in [2.24, 2.45) is 11.7 Å². The van der Waals surface area contributed by atoms with Gasteiger partial charge in [-0.05, 0) is 25.0 Å². The fourth-order valence-corrected chi connectivity index (χ4v) is 3.78. The summed E-state index contributed by atoms with van der Waals surface area (Å²) < 4.78 is 2.79. The number of hydrogen-bond acceptors (Lipinski definition) is 3. The Morgan fingerprint density at radius 2 is 2.22 bits per heavy atom. The first-order chi connectivity index (χ1) is 8.62. The first-order valence-electron chi connectivity index (χ1n) is 6.87. The molecule has 4 heteroatoms. The van der Waals surface area contributed by atoms with E-state index in [2.05, 4.69) is 29.7 Å². The van der Waals surface area contributed by atoms with E-state index < -0.39 is 0 Å². The minimum atomic E-state index is 0.423. The second-order valence-electron chi connectivity index (χ2n) is 5.77. The SMILES string of the molecule is CSC1(Cn2cncc2C(CN)C(C)C)CCC1. The lowest BCUT2D eigenvalue weighted by atomic mass is 9.83. The van der Waals surface area contributed by atoms with Gasteiger partial charge < -0.3 is 10.3 Å². The highest BCUT2D eigenvalue weighted by Crippen LogP contribution is 2.44. The van der Waals surface area contributed by atoms with Gasteiger partial charge in [0.1, 0.15) is 0 Å². The summed E-state index contributed by atoms with van der Waals surface area (Å²) in [5, 5.41) is 0. The van der Waals surface area contributed by atoms with Crippen LogP contribution >= 0.6 is 11.8 Å². The number of rotatable bonds is 6. The molecule has 0 bridgehead atoms. The summed E-state index contributed by atoms with van der Waals surface area (Å²) >= 11 is 2.01. The number of nitrogens with zero attached hydrogens (tertiary/aromatic N) is 2. The fraction of sp³-hybridized carbons (Fsp3) is 0.786. The number of aromatic nitrogens is 2. The molecule has 1 saturated carbocycles. The smallest absolute Gasteiger partial charge is 0.0948 e. The van der Waals surface area contributed by atoms with Gasteiger partial charge in [0.15, 0.2) is 0 Å². The summed E-state index contributed by atoms with van der Waals surface area (Å²) in [6, 6.07) is 0. The lowest BCUT2D eigenvalue weighted by molar-refractivity contribution is 0.313. The molecule has 1 atom stereocenters. The van der Waals surface area contributed by atoms with Crippen LogP contribution < -0.4 is 5.73 Å². The van der Waals surface area contributed by atoms with E-state index in [1.165, 1.54) is 25.0 Å². The molecule has 2 rings (SSSR count). The molecule has 1 heterocycles. The number of thioether (sulfide) groups is 1. The molecule has 102 valence electrons. The van der Waals surface area contributed by atoms with Crippen LogP contribution in [0, 0.1) is 5.92 Å². The summed E-state index contributed by atoms with van der Waals surface area (Å²) in [6.07, 6.45) is 10.3. The van der Waals surface area contributed by atoms with Crippen LogP contribution in [0.4, 0.5) is 0 Å². The van der Waals surface area contributed by atoms with Crippen molar-refractivity contribution in [3.8, 4) is 0 Å². The van der Waals surface area contributed by atoms with Gasteiger partial charge in [0, 0.05) is 35.6 Å². The maximum Gasteiger partial charge on any atom is 0.0948 e. The maximum atomic E-state index is 5.93. The highest BCUT2D eigenvalue weighted by Gasteiger charge is 2.37. The van der Waals surface area contributed by atoms with E-state index in [1.807, 2.05) is 24.3 Å². The average Bonchev–Trinajstić information content (AvgIpc) is 2.72. The third-order valence-corrected chi connectivity index (χ3v) is 5.74. The molecule has 1 aliphatic rings. The van der Waals surface area contributed by atoms with Crippen molar-refractivity contribution < 1.29 is 0 Å². The van der Waals surface area contributed by atoms with E-state index >= 15 is 0 Å². The zero-order valence-electron chi connectivity index (χ0n) is 11.7. The topological polar surface area (TPSA) is 43.8 Å². The van der Waals surface area contributed by atoms with E-state index in [-0.39, 0.29) is 0 Å². The summed E-state index contributed by atoms with van der Waals surface area (Å²) in [4.78, 5) is 4.35. The van der Waals surface area contributed by atoms with Crippen molar-refractivity contribution in [1.29, 1.82) is 0 Å². The molecule has 2 N–H and O–H groups in total. The lowest BCUT2D eigenvalue weighted by Gasteiger charge is -2.41. The van der Waals surface area contributed by atoms with Gasteiger partial charge in [0.2, 0.25) is 0 Å². The van der Waals surface area contributed by atoms with Crippen molar-refractivity contribution in [3.63, 3.8) is 0 Å². The molecule has 1 unspecified atom stereocenters. The Morgan fingerprint density at radius 1 is 1.50 bits per heavy atom. The second kappa shape index (κ2) is 5.66. The van der Waals surface area contributed by atoms with Crippen molar-refractivity contribution in [2.75, 3.05) is 12.8 Å². The minimum absolute atomic E-state index is 0.423. The van der Waals surface area contributed by atoms with Crippen LogP contribution in [0.5, 0.6) is 0 Å². The van der Waals surface area contributed by atoms with E-state index in [0.29, 0.717) is 23.1 Å². The van der Waals surface area contributed by atoms with E-state index in [0.717, 1.165) is 6.54 Å². The molecular weight excluding hydrogens is 242 g/mol. The third-order valence-electron chi connectivity index (χ3n) is 4.34. The Labute approximate surface area is 115 Å². The van der Waals surface area contributed by atoms with Crippen molar-refractivity contribution in [1.82, 2.24) is 9.55 Å². The van der Waals surface area contributed by atoms with Crippen LogP contribution in [-0.2, 0) is 6.54 Å². The molecule has 0 radical (unpaired) electrons. The van der Waals surface area contributed by atoms with Crippen molar-refractivity contribution in [3.05, 3.63) is 18.2 Å². The summed E-state index contributed by atoms with van der Waals surface area (Å²) in [5.41, 5.74) is 7.24. The lowest BCUT2D eigenvalue weighted by Crippen LogP contribution is -2.38. The van der Waals surface area contributed by atoms with Crippen LogP contribution in [0.25, 0.3) is 0 Å². The average molecular weight is 267 g/mol. The molecule has 3 nitrogen and oxygen atoms in total. The minimum Gasteiger partial charge on any atom is -0.333 e. The Kier molecular flexibility index (Phi) is 4.38. The first-order valence-corrected chi connectivity index (χ1v) is 8.09. The van der Waals surface area contributed by atoms with Crippen molar-refractivity contribution in [2.45, 2.75) is 50.3 Å². The molecule has 1 aromatic heterocycles. The zero-order valence-corrected chi connectivity index (χ0v) is 12.5. The fourth-order valence-electron chi connectivity index (χ4n) is 2.81. The Morgan fingerprint density at radius 3 is 2.67 bits per heavy atom. The predicted molar refractivity (Wildman–Crippen MR) is 79.0 cm³/mol. The van der Waals surface area contributed by atoms with Gasteiger partial charge in [-0.15, -0.1) is 0 Å². The Bertz CT molecular complexity index is 377. The maximum absolute atomic E-state index is 5.93. The quantitative estimate of drug-likeness (QED) is 0.862. The van der Waals surface area contributed by atoms with Gasteiger partial charge in [0.25, 0.3) is 0 Å². The monoisotopic (exact) mass is 267 g/mol. The van der Waals surface area contributed by atoms with E-state index in [4.69, 9.17) is 5.73 Å². The third kappa shape index (κ3) is 2.59. The summed E-state index contributed by atoms with van der Waals surface area (Å²) in [5.74, 6) is 0.989. The van der Waals surface area contributed by atoms with Crippen LogP contribution in [0.15, 0.2) is 12.5 Å². The van der Waals surface area contributed by atoms with Crippen LogP contribution in [0.1, 0.15) is 44.7 Å². The Hall–Kier alpha value is -0.480. The molecule has 0 saturated heterocycles. The normalized spacial score (nSPS) is 19.8. The van der Waals surface area contributed by atoms with Crippen LogP contribution in [0.3, 0.4) is 0 Å². The second-order valence-corrected chi connectivity index (χ2v) is 7.05.